The van der Waals surface area contributed by atoms with E-state index in [-0.39, 0.29) is 6.04 Å². The Morgan fingerprint density at radius 1 is 0.929 bits per heavy atom. The highest BCUT2D eigenvalue weighted by molar-refractivity contribution is 6.35. The van der Waals surface area contributed by atoms with Crippen LogP contribution in [0.4, 0.5) is 0 Å². The highest BCUT2D eigenvalue weighted by Crippen LogP contribution is 2.37. The van der Waals surface area contributed by atoms with Gasteiger partial charge >= 0.3 is 0 Å². The molecule has 1 aliphatic heterocycles. The minimum absolute atomic E-state index is 0.192. The van der Waals surface area contributed by atoms with Crippen molar-refractivity contribution < 1.29 is 0 Å². The molecule has 3 nitrogen and oxygen atoms in total. The van der Waals surface area contributed by atoms with E-state index in [2.05, 4.69) is 47.1 Å². The third-order valence-electron chi connectivity index (χ3n) is 5.61. The van der Waals surface area contributed by atoms with Gasteiger partial charge in [-0.3, -0.25) is 9.88 Å². The van der Waals surface area contributed by atoms with Crippen LogP contribution in [0.1, 0.15) is 29.7 Å². The molecule has 0 saturated heterocycles. The summed E-state index contributed by atoms with van der Waals surface area (Å²) in [6.45, 7) is 4.14. The number of fused-ring (bicyclic) bond motifs is 2. The van der Waals surface area contributed by atoms with E-state index in [1.165, 1.54) is 11.1 Å². The lowest BCUT2D eigenvalue weighted by Crippen LogP contribution is -2.21. The van der Waals surface area contributed by atoms with Gasteiger partial charge in [0, 0.05) is 35.7 Å². The molecule has 1 atom stereocenters. The number of halogens is 1. The highest BCUT2D eigenvalue weighted by Gasteiger charge is 2.27. The lowest BCUT2D eigenvalue weighted by Gasteiger charge is -2.26. The molecule has 0 aliphatic carbocycles. The fourth-order valence-corrected chi connectivity index (χ4v) is 4.26. The van der Waals surface area contributed by atoms with Gasteiger partial charge in [-0.15, -0.1) is 0 Å². The van der Waals surface area contributed by atoms with E-state index in [4.69, 9.17) is 16.6 Å². The Morgan fingerprint density at radius 2 is 1.68 bits per heavy atom. The van der Waals surface area contributed by atoms with Gasteiger partial charge in [-0.05, 0) is 53.9 Å². The molecule has 0 fully saturated rings. The summed E-state index contributed by atoms with van der Waals surface area (Å²) in [6, 6.07) is 22.9. The summed E-state index contributed by atoms with van der Waals surface area (Å²) in [6.07, 6.45) is 1.82. The van der Waals surface area contributed by atoms with Crippen molar-refractivity contribution in [2.45, 2.75) is 26.1 Å². The van der Waals surface area contributed by atoms with Gasteiger partial charge in [-0.25, -0.2) is 4.98 Å². The Balaban J connectivity index is 1.64. The van der Waals surface area contributed by atoms with Gasteiger partial charge in [-0.1, -0.05) is 48.0 Å². The molecule has 4 aromatic rings. The molecule has 0 N–H and O–H groups in total. The fourth-order valence-electron chi connectivity index (χ4n) is 4.03. The third kappa shape index (κ3) is 2.97. The van der Waals surface area contributed by atoms with Crippen molar-refractivity contribution in [3.8, 4) is 11.4 Å². The number of benzene rings is 2. The van der Waals surface area contributed by atoms with Crippen molar-refractivity contribution in [1.29, 1.82) is 0 Å². The predicted molar refractivity (Wildman–Crippen MR) is 114 cm³/mol. The van der Waals surface area contributed by atoms with E-state index >= 15 is 0 Å². The van der Waals surface area contributed by atoms with Crippen LogP contribution < -0.4 is 0 Å². The van der Waals surface area contributed by atoms with Crippen LogP contribution in [0.2, 0.25) is 5.02 Å². The zero-order valence-electron chi connectivity index (χ0n) is 15.6. The summed E-state index contributed by atoms with van der Waals surface area (Å²) < 4.78 is 0. The molecular weight excluding hydrogens is 366 g/mol. The van der Waals surface area contributed by atoms with Crippen LogP contribution in [0.3, 0.4) is 0 Å². The van der Waals surface area contributed by atoms with E-state index in [0.717, 1.165) is 46.0 Å². The summed E-state index contributed by atoms with van der Waals surface area (Å²) in [4.78, 5) is 12.0. The number of hydrogen-bond acceptors (Lipinski definition) is 3. The maximum Gasteiger partial charge on any atom is 0.0941 e. The number of rotatable bonds is 3. The van der Waals surface area contributed by atoms with Gasteiger partial charge in [0.25, 0.3) is 0 Å². The van der Waals surface area contributed by atoms with E-state index in [9.17, 15) is 0 Å². The smallest absolute Gasteiger partial charge is 0.0941 e. The fraction of sp³-hybridized carbons (Fsp3) is 0.167. The number of nitrogens with zero attached hydrogens (tertiary/aromatic N) is 3. The zero-order chi connectivity index (χ0) is 19.1. The van der Waals surface area contributed by atoms with Gasteiger partial charge in [0.2, 0.25) is 0 Å². The van der Waals surface area contributed by atoms with Gasteiger partial charge in [-0.2, -0.15) is 0 Å². The normalized spacial score (nSPS) is 14.9. The molecule has 4 heteroatoms. The Labute approximate surface area is 169 Å². The van der Waals surface area contributed by atoms with Gasteiger partial charge in [0.15, 0.2) is 0 Å². The first-order valence-electron chi connectivity index (χ1n) is 9.52. The maximum absolute atomic E-state index is 6.50. The lowest BCUT2D eigenvalue weighted by molar-refractivity contribution is 0.215. The summed E-state index contributed by atoms with van der Waals surface area (Å²) in [5.74, 6) is 0. The van der Waals surface area contributed by atoms with E-state index in [1.807, 2.05) is 42.6 Å². The molecule has 0 radical (unpaired) electrons. The molecule has 1 aliphatic rings. The molecule has 2 aromatic heterocycles. The van der Waals surface area contributed by atoms with Gasteiger partial charge < -0.3 is 0 Å². The van der Waals surface area contributed by atoms with Crippen LogP contribution in [0.5, 0.6) is 0 Å². The predicted octanol–water partition coefficient (Wildman–Crippen LogP) is 6.03. The summed E-state index contributed by atoms with van der Waals surface area (Å²) in [7, 11) is 0. The van der Waals surface area contributed by atoms with E-state index < -0.39 is 0 Å². The second-order valence-electron chi connectivity index (χ2n) is 7.30. The Kier molecular flexibility index (Phi) is 4.34. The van der Waals surface area contributed by atoms with Crippen LogP contribution in [0, 0.1) is 0 Å². The molecule has 0 amide bonds. The second-order valence-corrected chi connectivity index (χ2v) is 7.70. The summed E-state index contributed by atoms with van der Waals surface area (Å²) >= 11 is 6.50. The second kappa shape index (κ2) is 7.01. The van der Waals surface area contributed by atoms with Crippen molar-refractivity contribution >= 4 is 22.5 Å². The molecule has 28 heavy (non-hydrogen) atoms. The first kappa shape index (κ1) is 17.4. The lowest BCUT2D eigenvalue weighted by atomic mass is 10.00. The van der Waals surface area contributed by atoms with Crippen LogP contribution >= 0.6 is 11.6 Å². The largest absolute Gasteiger partial charge is 0.288 e. The minimum Gasteiger partial charge on any atom is -0.288 e. The highest BCUT2D eigenvalue weighted by atomic mass is 35.5. The van der Waals surface area contributed by atoms with Crippen LogP contribution in [-0.4, -0.2) is 14.9 Å². The Morgan fingerprint density at radius 3 is 2.39 bits per heavy atom. The molecule has 1 unspecified atom stereocenters. The number of pyridine rings is 2. The van der Waals surface area contributed by atoms with Gasteiger partial charge in [0.05, 0.1) is 16.9 Å². The molecule has 0 bridgehead atoms. The topological polar surface area (TPSA) is 29.0 Å². The van der Waals surface area contributed by atoms with Crippen molar-refractivity contribution in [2.24, 2.45) is 0 Å². The van der Waals surface area contributed by atoms with E-state index in [1.54, 1.807) is 0 Å². The summed E-state index contributed by atoms with van der Waals surface area (Å²) in [5, 5.41) is 1.72. The minimum atomic E-state index is 0.192. The quantitative estimate of drug-likeness (QED) is 0.431. The first-order chi connectivity index (χ1) is 13.7. The Bertz CT molecular complexity index is 1130. The third-order valence-corrected chi connectivity index (χ3v) is 5.94. The van der Waals surface area contributed by atoms with Crippen molar-refractivity contribution in [3.05, 3.63) is 94.6 Å². The average molecular weight is 386 g/mol. The van der Waals surface area contributed by atoms with Crippen LogP contribution in [-0.2, 0) is 13.1 Å². The maximum atomic E-state index is 6.50. The Hall–Kier alpha value is -2.75. The van der Waals surface area contributed by atoms with Gasteiger partial charge in [0.1, 0.15) is 0 Å². The number of aromatic nitrogens is 2. The van der Waals surface area contributed by atoms with Crippen LogP contribution in [0.25, 0.3) is 22.3 Å². The van der Waals surface area contributed by atoms with Crippen LogP contribution in [0.15, 0.2) is 72.9 Å². The average Bonchev–Trinajstić information content (AvgIpc) is 3.18. The standard InChI is InChI=1S/C24H20ClN3/c1-16(28-14-17-7-2-3-8-18(17)15-28)19-13-20-21(25)9-6-11-22(20)27-24(19)23-10-4-5-12-26-23/h2-13,16H,14-15H2,1H3. The van der Waals surface area contributed by atoms with Crippen molar-refractivity contribution in [1.82, 2.24) is 14.9 Å². The SMILES string of the molecule is CC(c1cc2c(Cl)cccc2nc1-c1ccccn1)N1Cc2ccccc2C1. The molecule has 3 heterocycles. The zero-order valence-corrected chi connectivity index (χ0v) is 16.4. The molecule has 0 spiro atoms. The summed E-state index contributed by atoms with van der Waals surface area (Å²) in [5.41, 5.74) is 6.68. The monoisotopic (exact) mass is 385 g/mol. The number of hydrogen-bond donors (Lipinski definition) is 0. The molecule has 5 rings (SSSR count). The first-order valence-corrected chi connectivity index (χ1v) is 9.90. The van der Waals surface area contributed by atoms with Crippen molar-refractivity contribution in [3.63, 3.8) is 0 Å². The van der Waals surface area contributed by atoms with E-state index in [0.29, 0.717) is 0 Å². The van der Waals surface area contributed by atoms with Crippen molar-refractivity contribution in [2.75, 3.05) is 0 Å². The molecule has 0 saturated carbocycles. The molecule has 138 valence electrons. The molecular formula is C24H20ClN3. The molecule has 2 aromatic carbocycles.